The Labute approximate surface area is 172 Å². The Balaban J connectivity index is 1.35. The fourth-order valence-corrected chi connectivity index (χ4v) is 5.29. The molecule has 1 N–H and O–H groups in total. The maximum atomic E-state index is 12.6. The van der Waals surface area contributed by atoms with Crippen molar-refractivity contribution in [2.45, 2.75) is 46.0 Å². The minimum Gasteiger partial charge on any atom is -0.352 e. The lowest BCUT2D eigenvalue weighted by molar-refractivity contribution is 0.0947. The van der Waals surface area contributed by atoms with E-state index in [1.807, 2.05) is 18.2 Å². The van der Waals surface area contributed by atoms with Crippen molar-refractivity contribution in [1.29, 1.82) is 0 Å². The Morgan fingerprint density at radius 1 is 1.25 bits per heavy atom. The molecule has 1 aliphatic heterocycles. The number of piperidine rings is 1. The summed E-state index contributed by atoms with van der Waals surface area (Å²) in [4.78, 5) is 19.9. The summed E-state index contributed by atoms with van der Waals surface area (Å²) in [5, 5.41) is 4.83. The molecule has 150 valence electrons. The van der Waals surface area contributed by atoms with Gasteiger partial charge in [0.05, 0.1) is 10.5 Å². The van der Waals surface area contributed by atoms with Gasteiger partial charge in [0.1, 0.15) is 0 Å². The lowest BCUT2D eigenvalue weighted by atomic mass is 9.92. The van der Waals surface area contributed by atoms with Gasteiger partial charge in [0.2, 0.25) is 0 Å². The summed E-state index contributed by atoms with van der Waals surface area (Å²) in [5.41, 5.74) is 3.77. The Morgan fingerprint density at radius 3 is 2.82 bits per heavy atom. The molecule has 2 aliphatic rings. The summed E-state index contributed by atoms with van der Waals surface area (Å²) < 4.78 is 0. The maximum absolute atomic E-state index is 12.6. The third-order valence-corrected chi connectivity index (χ3v) is 6.52. The summed E-state index contributed by atoms with van der Waals surface area (Å²) >= 11 is 6.57. The van der Waals surface area contributed by atoms with Gasteiger partial charge in [-0.3, -0.25) is 9.78 Å². The van der Waals surface area contributed by atoms with Crippen molar-refractivity contribution in [3.05, 3.63) is 40.0 Å². The summed E-state index contributed by atoms with van der Waals surface area (Å²) in [6.07, 6.45) is 5.41. The topological polar surface area (TPSA) is 45.2 Å². The largest absolute Gasteiger partial charge is 0.352 e. The first-order chi connectivity index (χ1) is 13.5. The Kier molecular flexibility index (Phi) is 5.88. The second-order valence-corrected chi connectivity index (χ2v) is 9.13. The van der Waals surface area contributed by atoms with E-state index >= 15 is 0 Å². The van der Waals surface area contributed by atoms with E-state index in [0.29, 0.717) is 12.1 Å². The normalized spacial score (nSPS) is 22.4. The van der Waals surface area contributed by atoms with Gasteiger partial charge in [0.15, 0.2) is 0 Å². The molecule has 5 heteroatoms. The standard InChI is InChI=1S/C23H30ClN3O/c1-15-11-16(2)14-27(13-15)10-4-9-25-23(28)17-7-8-19-21(12-17)26-20-6-3-5-18(20)22(19)24/h7-8,12,15-16H,3-6,9-11,13-14H2,1-2H3,(H,25,28)/t15-,16-/m0/s1. The number of carbonyl (C=O) groups is 1. The summed E-state index contributed by atoms with van der Waals surface area (Å²) in [7, 11) is 0. The Bertz CT molecular complexity index is 872. The fraction of sp³-hybridized carbons (Fsp3) is 0.565. The van der Waals surface area contributed by atoms with Crippen molar-refractivity contribution in [2.24, 2.45) is 11.8 Å². The highest BCUT2D eigenvalue weighted by Crippen LogP contribution is 2.33. The number of amides is 1. The van der Waals surface area contributed by atoms with Crippen LogP contribution in [0.1, 0.15) is 54.7 Å². The van der Waals surface area contributed by atoms with E-state index < -0.39 is 0 Å². The minimum absolute atomic E-state index is 0.0271. The van der Waals surface area contributed by atoms with Crippen molar-refractivity contribution >= 4 is 28.4 Å². The van der Waals surface area contributed by atoms with Gasteiger partial charge in [-0.1, -0.05) is 31.5 Å². The molecule has 2 heterocycles. The maximum Gasteiger partial charge on any atom is 0.251 e. The number of likely N-dealkylation sites (tertiary alicyclic amines) is 1. The van der Waals surface area contributed by atoms with Crippen LogP contribution in [0.15, 0.2) is 18.2 Å². The number of hydrogen-bond acceptors (Lipinski definition) is 3. The van der Waals surface area contributed by atoms with Gasteiger partial charge in [-0.15, -0.1) is 0 Å². The predicted octanol–water partition coefficient (Wildman–Crippen LogP) is 4.47. The van der Waals surface area contributed by atoms with Gasteiger partial charge >= 0.3 is 0 Å². The molecule has 0 radical (unpaired) electrons. The van der Waals surface area contributed by atoms with E-state index in [-0.39, 0.29) is 5.91 Å². The van der Waals surface area contributed by atoms with Crippen LogP contribution in [-0.4, -0.2) is 42.0 Å². The van der Waals surface area contributed by atoms with E-state index in [0.717, 1.165) is 65.7 Å². The molecule has 1 fully saturated rings. The van der Waals surface area contributed by atoms with Crippen molar-refractivity contribution in [3.8, 4) is 0 Å². The Morgan fingerprint density at radius 2 is 2.04 bits per heavy atom. The molecular weight excluding hydrogens is 370 g/mol. The van der Waals surface area contributed by atoms with Crippen LogP contribution in [-0.2, 0) is 12.8 Å². The van der Waals surface area contributed by atoms with Crippen LogP contribution >= 0.6 is 11.6 Å². The molecule has 4 rings (SSSR count). The number of benzene rings is 1. The van der Waals surface area contributed by atoms with Crippen LogP contribution in [0, 0.1) is 11.8 Å². The molecule has 4 nitrogen and oxygen atoms in total. The number of halogens is 1. The van der Waals surface area contributed by atoms with Gasteiger partial charge in [0, 0.05) is 36.3 Å². The first-order valence-electron chi connectivity index (χ1n) is 10.6. The number of rotatable bonds is 5. The highest BCUT2D eigenvalue weighted by atomic mass is 35.5. The molecule has 1 aromatic carbocycles. The van der Waals surface area contributed by atoms with Crippen LogP contribution in [0.2, 0.25) is 5.02 Å². The molecule has 0 spiro atoms. The first kappa shape index (κ1) is 19.7. The molecule has 1 saturated heterocycles. The van der Waals surface area contributed by atoms with Crippen LogP contribution in [0.3, 0.4) is 0 Å². The summed E-state index contributed by atoms with van der Waals surface area (Å²) in [5.74, 6) is 1.52. The summed E-state index contributed by atoms with van der Waals surface area (Å²) in [6, 6.07) is 5.68. The number of pyridine rings is 1. The molecule has 1 aliphatic carbocycles. The Hall–Kier alpha value is -1.65. The van der Waals surface area contributed by atoms with Crippen LogP contribution in [0.5, 0.6) is 0 Å². The monoisotopic (exact) mass is 399 g/mol. The van der Waals surface area contributed by atoms with Crippen molar-refractivity contribution < 1.29 is 4.79 Å². The van der Waals surface area contributed by atoms with Crippen LogP contribution in [0.4, 0.5) is 0 Å². The zero-order chi connectivity index (χ0) is 19.7. The van der Waals surface area contributed by atoms with E-state index in [1.54, 1.807) is 0 Å². The quantitative estimate of drug-likeness (QED) is 0.754. The van der Waals surface area contributed by atoms with Gasteiger partial charge in [-0.2, -0.15) is 0 Å². The van der Waals surface area contributed by atoms with E-state index in [1.165, 1.54) is 25.1 Å². The molecule has 0 saturated carbocycles. The molecule has 1 aromatic heterocycles. The van der Waals surface area contributed by atoms with Crippen molar-refractivity contribution in [3.63, 3.8) is 0 Å². The van der Waals surface area contributed by atoms with E-state index in [4.69, 9.17) is 16.6 Å². The molecule has 2 atom stereocenters. The smallest absolute Gasteiger partial charge is 0.251 e. The second kappa shape index (κ2) is 8.38. The number of hydrogen-bond donors (Lipinski definition) is 1. The lowest BCUT2D eigenvalue weighted by Gasteiger charge is -2.34. The number of carbonyl (C=O) groups excluding carboxylic acids is 1. The number of aromatic nitrogens is 1. The average Bonchev–Trinajstić information content (AvgIpc) is 3.13. The van der Waals surface area contributed by atoms with E-state index in [9.17, 15) is 4.79 Å². The van der Waals surface area contributed by atoms with Gasteiger partial charge in [0.25, 0.3) is 5.91 Å². The van der Waals surface area contributed by atoms with Gasteiger partial charge in [-0.25, -0.2) is 0 Å². The molecule has 0 bridgehead atoms. The zero-order valence-corrected chi connectivity index (χ0v) is 17.7. The molecule has 2 aromatic rings. The number of nitrogens with one attached hydrogen (secondary N) is 1. The molecule has 28 heavy (non-hydrogen) atoms. The highest BCUT2D eigenvalue weighted by molar-refractivity contribution is 6.36. The SMILES string of the molecule is C[C@H]1C[C@H](C)CN(CCCNC(=O)c2ccc3c(Cl)c4c(nc3c2)CCC4)C1. The lowest BCUT2D eigenvalue weighted by Crippen LogP contribution is -2.40. The predicted molar refractivity (Wildman–Crippen MR) is 115 cm³/mol. The fourth-order valence-electron chi connectivity index (χ4n) is 4.93. The first-order valence-corrected chi connectivity index (χ1v) is 11.0. The molecule has 0 unspecified atom stereocenters. The second-order valence-electron chi connectivity index (χ2n) is 8.75. The zero-order valence-electron chi connectivity index (χ0n) is 16.9. The van der Waals surface area contributed by atoms with Crippen molar-refractivity contribution in [1.82, 2.24) is 15.2 Å². The number of nitrogens with zero attached hydrogens (tertiary/aromatic N) is 2. The van der Waals surface area contributed by atoms with Gasteiger partial charge in [-0.05, 0) is 68.2 Å². The number of aryl methyl sites for hydroxylation is 1. The average molecular weight is 400 g/mol. The number of fused-ring (bicyclic) bond motifs is 2. The van der Waals surface area contributed by atoms with Gasteiger partial charge < -0.3 is 10.2 Å². The van der Waals surface area contributed by atoms with Crippen molar-refractivity contribution in [2.75, 3.05) is 26.2 Å². The molecule has 1 amide bonds. The summed E-state index contributed by atoms with van der Waals surface area (Å²) in [6.45, 7) is 8.78. The third-order valence-electron chi connectivity index (χ3n) is 6.09. The van der Waals surface area contributed by atoms with Crippen LogP contribution in [0.25, 0.3) is 10.9 Å². The van der Waals surface area contributed by atoms with E-state index in [2.05, 4.69) is 24.1 Å². The molecular formula is C23H30ClN3O. The minimum atomic E-state index is -0.0271. The third kappa shape index (κ3) is 4.18. The van der Waals surface area contributed by atoms with Crippen LogP contribution < -0.4 is 5.32 Å². The highest BCUT2D eigenvalue weighted by Gasteiger charge is 2.21.